The van der Waals surface area contributed by atoms with E-state index < -0.39 is 0 Å². The molecule has 2 amide bonds. The summed E-state index contributed by atoms with van der Waals surface area (Å²) in [4.78, 5) is 26.2. The molecular weight excluding hydrogens is 316 g/mol. The van der Waals surface area contributed by atoms with E-state index in [9.17, 15) is 9.59 Å². The van der Waals surface area contributed by atoms with Crippen molar-refractivity contribution in [2.24, 2.45) is 0 Å². The molecule has 0 spiro atoms. The summed E-state index contributed by atoms with van der Waals surface area (Å²) in [5.41, 5.74) is 3.60. The molecule has 0 radical (unpaired) electrons. The van der Waals surface area contributed by atoms with Gasteiger partial charge in [0, 0.05) is 24.2 Å². The summed E-state index contributed by atoms with van der Waals surface area (Å²) in [5, 5.41) is 2.85. The van der Waals surface area contributed by atoms with Gasteiger partial charge in [-0.2, -0.15) is 0 Å². The fourth-order valence-electron chi connectivity index (χ4n) is 3.40. The second-order valence-electron chi connectivity index (χ2n) is 6.44. The van der Waals surface area contributed by atoms with Crippen molar-refractivity contribution in [1.82, 2.24) is 4.90 Å². The molecule has 0 saturated carbocycles. The highest BCUT2D eigenvalue weighted by molar-refractivity contribution is 5.98. The van der Waals surface area contributed by atoms with Crippen LogP contribution in [0.4, 0.5) is 5.69 Å². The number of carbonyl (C=O) groups is 2. The van der Waals surface area contributed by atoms with Crippen LogP contribution in [0, 0.1) is 0 Å². The molecular formula is C20H20N2O3. The highest BCUT2D eigenvalue weighted by atomic mass is 16.5. The van der Waals surface area contributed by atoms with Gasteiger partial charge in [-0.1, -0.05) is 30.3 Å². The monoisotopic (exact) mass is 336 g/mol. The number of hydrogen-bond donors (Lipinski definition) is 1. The number of anilines is 1. The first-order valence-corrected chi connectivity index (χ1v) is 8.59. The van der Waals surface area contributed by atoms with E-state index in [1.165, 1.54) is 0 Å². The Balaban J connectivity index is 1.52. The largest absolute Gasteiger partial charge is 0.370 e. The first kappa shape index (κ1) is 15.8. The van der Waals surface area contributed by atoms with Crippen LogP contribution >= 0.6 is 0 Å². The predicted molar refractivity (Wildman–Crippen MR) is 94.4 cm³/mol. The molecule has 25 heavy (non-hydrogen) atoms. The van der Waals surface area contributed by atoms with Gasteiger partial charge in [0.25, 0.3) is 5.91 Å². The van der Waals surface area contributed by atoms with Crippen molar-refractivity contribution in [3.63, 3.8) is 0 Å². The molecule has 1 fully saturated rings. The van der Waals surface area contributed by atoms with E-state index in [1.54, 1.807) is 6.07 Å². The number of nitrogens with zero attached hydrogens (tertiary/aromatic N) is 1. The van der Waals surface area contributed by atoms with Crippen molar-refractivity contribution in [3.8, 4) is 0 Å². The number of aryl methyl sites for hydroxylation is 1. The lowest BCUT2D eigenvalue weighted by Crippen LogP contribution is -2.42. The Kier molecular flexibility index (Phi) is 4.24. The molecule has 5 nitrogen and oxygen atoms in total. The van der Waals surface area contributed by atoms with Crippen LogP contribution in [0.2, 0.25) is 0 Å². The van der Waals surface area contributed by atoms with Crippen LogP contribution in [0.1, 0.15) is 34.0 Å². The molecule has 0 bridgehead atoms. The average molecular weight is 336 g/mol. The van der Waals surface area contributed by atoms with E-state index in [4.69, 9.17) is 4.74 Å². The first-order valence-electron chi connectivity index (χ1n) is 8.59. The fourth-order valence-corrected chi connectivity index (χ4v) is 3.40. The lowest BCUT2D eigenvalue weighted by atomic mass is 9.99. The Morgan fingerprint density at radius 3 is 2.80 bits per heavy atom. The van der Waals surface area contributed by atoms with Gasteiger partial charge in [0.15, 0.2) is 0 Å². The number of morpholine rings is 1. The molecule has 1 atom stereocenters. The Hall–Kier alpha value is -2.66. The normalized spacial score (nSPS) is 19.9. The summed E-state index contributed by atoms with van der Waals surface area (Å²) in [5.74, 6) is 0.0504. The zero-order valence-electron chi connectivity index (χ0n) is 13.9. The van der Waals surface area contributed by atoms with Crippen LogP contribution in [0.15, 0.2) is 48.5 Å². The number of ether oxygens (including phenoxy) is 1. The number of hydrogen-bond acceptors (Lipinski definition) is 3. The van der Waals surface area contributed by atoms with Gasteiger partial charge >= 0.3 is 0 Å². The first-order chi connectivity index (χ1) is 12.2. The summed E-state index contributed by atoms with van der Waals surface area (Å²) in [7, 11) is 0. The minimum absolute atomic E-state index is 0.0175. The quantitative estimate of drug-likeness (QED) is 0.917. The molecule has 1 N–H and O–H groups in total. The Morgan fingerprint density at radius 1 is 1.12 bits per heavy atom. The van der Waals surface area contributed by atoms with Crippen LogP contribution in [-0.2, 0) is 16.0 Å². The lowest BCUT2D eigenvalue weighted by Gasteiger charge is -2.33. The second-order valence-corrected chi connectivity index (χ2v) is 6.44. The predicted octanol–water partition coefficient (Wildman–Crippen LogP) is 2.79. The molecule has 2 heterocycles. The van der Waals surface area contributed by atoms with Gasteiger partial charge in [0.1, 0.15) is 6.10 Å². The lowest BCUT2D eigenvalue weighted by molar-refractivity contribution is -0.116. The SMILES string of the molecule is O=C1CCc2cc(C(=O)N3CCOC(c4ccccc4)C3)ccc2N1. The van der Waals surface area contributed by atoms with E-state index in [-0.39, 0.29) is 17.9 Å². The standard InChI is InChI=1S/C20H20N2O3/c23-19-9-7-15-12-16(6-8-17(15)21-19)20(24)22-10-11-25-18(13-22)14-4-2-1-3-5-14/h1-6,8,12,18H,7,9-11,13H2,(H,21,23). The highest BCUT2D eigenvalue weighted by Gasteiger charge is 2.27. The van der Waals surface area contributed by atoms with Gasteiger partial charge in [0.2, 0.25) is 5.91 Å². The maximum atomic E-state index is 12.9. The fraction of sp³-hybridized carbons (Fsp3) is 0.300. The van der Waals surface area contributed by atoms with E-state index in [2.05, 4.69) is 5.32 Å². The molecule has 1 saturated heterocycles. The van der Waals surface area contributed by atoms with Crippen LogP contribution < -0.4 is 5.32 Å². The molecule has 2 aromatic carbocycles. The van der Waals surface area contributed by atoms with E-state index in [1.807, 2.05) is 47.4 Å². The van der Waals surface area contributed by atoms with Crippen molar-refractivity contribution in [1.29, 1.82) is 0 Å². The molecule has 0 aliphatic carbocycles. The van der Waals surface area contributed by atoms with Gasteiger partial charge in [-0.05, 0) is 35.7 Å². The van der Waals surface area contributed by atoms with Crippen LogP contribution in [0.3, 0.4) is 0 Å². The number of rotatable bonds is 2. The van der Waals surface area contributed by atoms with E-state index in [0.717, 1.165) is 16.8 Å². The zero-order chi connectivity index (χ0) is 17.2. The average Bonchev–Trinajstić information content (AvgIpc) is 2.68. The van der Waals surface area contributed by atoms with Crippen molar-refractivity contribution < 1.29 is 14.3 Å². The summed E-state index contributed by atoms with van der Waals surface area (Å²) in [6, 6.07) is 15.5. The zero-order valence-corrected chi connectivity index (χ0v) is 13.9. The molecule has 5 heteroatoms. The molecule has 4 rings (SSSR count). The van der Waals surface area contributed by atoms with Crippen molar-refractivity contribution in [2.45, 2.75) is 18.9 Å². The maximum Gasteiger partial charge on any atom is 0.254 e. The third-order valence-corrected chi connectivity index (χ3v) is 4.77. The number of benzene rings is 2. The van der Waals surface area contributed by atoms with Gasteiger partial charge in [-0.15, -0.1) is 0 Å². The minimum Gasteiger partial charge on any atom is -0.370 e. The third-order valence-electron chi connectivity index (χ3n) is 4.77. The topological polar surface area (TPSA) is 58.6 Å². The van der Waals surface area contributed by atoms with Gasteiger partial charge in [0.05, 0.1) is 13.2 Å². The molecule has 2 aliphatic heterocycles. The van der Waals surface area contributed by atoms with Crippen LogP contribution in [-0.4, -0.2) is 36.4 Å². The summed E-state index contributed by atoms with van der Waals surface area (Å²) >= 11 is 0. The Morgan fingerprint density at radius 2 is 1.96 bits per heavy atom. The van der Waals surface area contributed by atoms with Gasteiger partial charge in [-0.3, -0.25) is 9.59 Å². The Bertz CT molecular complexity index is 804. The summed E-state index contributed by atoms with van der Waals surface area (Å²) in [6.45, 7) is 1.68. The van der Waals surface area contributed by atoms with E-state index in [0.29, 0.717) is 38.1 Å². The minimum atomic E-state index is -0.0872. The molecule has 2 aliphatic rings. The number of nitrogens with one attached hydrogen (secondary N) is 1. The van der Waals surface area contributed by atoms with Crippen molar-refractivity contribution >= 4 is 17.5 Å². The number of amides is 2. The summed E-state index contributed by atoms with van der Waals surface area (Å²) in [6.07, 6.45) is 1.06. The molecule has 1 unspecified atom stereocenters. The molecule has 128 valence electrons. The van der Waals surface area contributed by atoms with Crippen molar-refractivity contribution in [3.05, 3.63) is 65.2 Å². The van der Waals surface area contributed by atoms with Gasteiger partial charge < -0.3 is 15.0 Å². The van der Waals surface area contributed by atoms with E-state index >= 15 is 0 Å². The second kappa shape index (κ2) is 6.69. The number of fused-ring (bicyclic) bond motifs is 1. The van der Waals surface area contributed by atoms with Gasteiger partial charge in [-0.25, -0.2) is 0 Å². The van der Waals surface area contributed by atoms with Crippen LogP contribution in [0.5, 0.6) is 0 Å². The number of carbonyl (C=O) groups excluding carboxylic acids is 2. The molecule has 2 aromatic rings. The summed E-state index contributed by atoms with van der Waals surface area (Å²) < 4.78 is 5.84. The van der Waals surface area contributed by atoms with Crippen molar-refractivity contribution in [2.75, 3.05) is 25.0 Å². The molecule has 0 aromatic heterocycles. The maximum absolute atomic E-state index is 12.9. The smallest absolute Gasteiger partial charge is 0.254 e. The third kappa shape index (κ3) is 3.28. The van der Waals surface area contributed by atoms with Crippen LogP contribution in [0.25, 0.3) is 0 Å². The Labute approximate surface area is 146 Å². The highest BCUT2D eigenvalue weighted by Crippen LogP contribution is 2.26.